The lowest BCUT2D eigenvalue weighted by Gasteiger charge is -2.10. The van der Waals surface area contributed by atoms with Crippen molar-refractivity contribution in [1.82, 2.24) is 5.32 Å². The number of carbonyl (C=O) groups excluding carboxylic acids is 2. The van der Waals surface area contributed by atoms with Gasteiger partial charge in [-0.1, -0.05) is 30.3 Å². The van der Waals surface area contributed by atoms with Gasteiger partial charge in [0.05, 0.1) is 6.61 Å². The van der Waals surface area contributed by atoms with Crippen molar-refractivity contribution in [3.05, 3.63) is 47.2 Å². The summed E-state index contributed by atoms with van der Waals surface area (Å²) in [7, 11) is 1.67. The molecule has 1 rings (SSSR count). The SMILES string of the molecule is CCOC(=O)C(C(=O)Cc1ccccc1)=C(C)NC. The monoisotopic (exact) mass is 261 g/mol. The van der Waals surface area contributed by atoms with Crippen molar-refractivity contribution >= 4 is 11.8 Å². The highest BCUT2D eigenvalue weighted by Crippen LogP contribution is 2.10. The first-order valence-electron chi connectivity index (χ1n) is 6.23. The van der Waals surface area contributed by atoms with Gasteiger partial charge in [0, 0.05) is 19.2 Å². The molecule has 4 nitrogen and oxygen atoms in total. The molecule has 0 aliphatic heterocycles. The maximum absolute atomic E-state index is 12.2. The van der Waals surface area contributed by atoms with Crippen molar-refractivity contribution < 1.29 is 14.3 Å². The minimum atomic E-state index is -0.574. The van der Waals surface area contributed by atoms with Crippen molar-refractivity contribution in [1.29, 1.82) is 0 Å². The minimum Gasteiger partial charge on any atom is -0.462 e. The molecule has 102 valence electrons. The summed E-state index contributed by atoms with van der Waals surface area (Å²) >= 11 is 0. The van der Waals surface area contributed by atoms with E-state index in [9.17, 15) is 9.59 Å². The first-order valence-corrected chi connectivity index (χ1v) is 6.23. The van der Waals surface area contributed by atoms with Gasteiger partial charge in [0.1, 0.15) is 5.57 Å². The maximum Gasteiger partial charge on any atom is 0.343 e. The summed E-state index contributed by atoms with van der Waals surface area (Å²) in [6, 6.07) is 9.32. The molecule has 0 spiro atoms. The molecule has 1 aromatic rings. The summed E-state index contributed by atoms with van der Waals surface area (Å²) in [6.45, 7) is 3.65. The Morgan fingerprint density at radius 2 is 1.84 bits per heavy atom. The minimum absolute atomic E-state index is 0.0909. The van der Waals surface area contributed by atoms with Crippen LogP contribution in [-0.2, 0) is 20.7 Å². The molecule has 0 radical (unpaired) electrons. The highest BCUT2D eigenvalue weighted by Gasteiger charge is 2.22. The van der Waals surface area contributed by atoms with E-state index in [0.29, 0.717) is 5.70 Å². The van der Waals surface area contributed by atoms with Crippen molar-refractivity contribution in [2.75, 3.05) is 13.7 Å². The van der Waals surface area contributed by atoms with Gasteiger partial charge in [-0.25, -0.2) is 4.79 Å². The molecule has 1 aromatic carbocycles. The van der Waals surface area contributed by atoms with E-state index in [2.05, 4.69) is 5.32 Å². The van der Waals surface area contributed by atoms with Crippen molar-refractivity contribution in [2.45, 2.75) is 20.3 Å². The second-order valence-corrected chi connectivity index (χ2v) is 4.06. The molecule has 0 unspecified atom stereocenters. The van der Waals surface area contributed by atoms with Gasteiger partial charge in [-0.05, 0) is 19.4 Å². The van der Waals surface area contributed by atoms with E-state index in [4.69, 9.17) is 4.74 Å². The standard InChI is InChI=1S/C15H19NO3/c1-4-19-15(18)14(11(2)16-3)13(17)10-12-8-6-5-7-9-12/h5-9,16H,4,10H2,1-3H3. The zero-order chi connectivity index (χ0) is 14.3. The van der Waals surface area contributed by atoms with Gasteiger partial charge < -0.3 is 10.1 Å². The number of hydrogen-bond acceptors (Lipinski definition) is 4. The summed E-state index contributed by atoms with van der Waals surface area (Å²) in [5, 5.41) is 2.83. The number of ether oxygens (including phenoxy) is 1. The Bertz CT molecular complexity index is 477. The van der Waals surface area contributed by atoms with E-state index in [1.807, 2.05) is 30.3 Å². The fourth-order valence-electron chi connectivity index (χ4n) is 1.67. The second kappa shape index (κ2) is 7.36. The van der Waals surface area contributed by atoms with Crippen LogP contribution < -0.4 is 5.32 Å². The molecule has 19 heavy (non-hydrogen) atoms. The van der Waals surface area contributed by atoms with Gasteiger partial charge >= 0.3 is 5.97 Å². The first kappa shape index (κ1) is 15.0. The zero-order valence-corrected chi connectivity index (χ0v) is 11.5. The number of rotatable bonds is 6. The summed E-state index contributed by atoms with van der Waals surface area (Å²) in [4.78, 5) is 24.1. The van der Waals surface area contributed by atoms with E-state index in [1.165, 1.54) is 0 Å². The average Bonchev–Trinajstić information content (AvgIpc) is 2.40. The molecule has 4 heteroatoms. The third-order valence-corrected chi connectivity index (χ3v) is 2.72. The molecule has 0 heterocycles. The van der Waals surface area contributed by atoms with Gasteiger partial charge in [0.15, 0.2) is 5.78 Å². The summed E-state index contributed by atoms with van der Waals surface area (Å²) in [5.74, 6) is -0.813. The van der Waals surface area contributed by atoms with Gasteiger partial charge in [-0.2, -0.15) is 0 Å². The van der Waals surface area contributed by atoms with Gasteiger partial charge in [0.25, 0.3) is 0 Å². The third-order valence-electron chi connectivity index (χ3n) is 2.72. The Morgan fingerprint density at radius 3 is 2.37 bits per heavy atom. The van der Waals surface area contributed by atoms with E-state index in [0.717, 1.165) is 5.56 Å². The number of hydrogen-bond donors (Lipinski definition) is 1. The molecule has 0 aliphatic carbocycles. The lowest BCUT2D eigenvalue weighted by atomic mass is 10.0. The molecule has 1 N–H and O–H groups in total. The largest absolute Gasteiger partial charge is 0.462 e. The Hall–Kier alpha value is -2.10. The van der Waals surface area contributed by atoms with Crippen molar-refractivity contribution in [3.8, 4) is 0 Å². The maximum atomic E-state index is 12.2. The Labute approximate surface area is 113 Å². The summed E-state index contributed by atoms with van der Waals surface area (Å²) in [6.07, 6.45) is 0.188. The van der Waals surface area contributed by atoms with Crippen molar-refractivity contribution in [3.63, 3.8) is 0 Å². The highest BCUT2D eigenvalue weighted by molar-refractivity contribution is 6.18. The molecule has 0 saturated heterocycles. The van der Waals surface area contributed by atoms with Crippen molar-refractivity contribution in [2.24, 2.45) is 0 Å². The lowest BCUT2D eigenvalue weighted by molar-refractivity contribution is -0.140. The number of ketones is 1. The van der Waals surface area contributed by atoms with Crippen LogP contribution in [0.3, 0.4) is 0 Å². The summed E-state index contributed by atoms with van der Waals surface area (Å²) in [5.41, 5.74) is 1.49. The first-order chi connectivity index (χ1) is 9.10. The molecule has 0 saturated carbocycles. The fraction of sp³-hybridized carbons (Fsp3) is 0.333. The number of benzene rings is 1. The third kappa shape index (κ3) is 4.25. The van der Waals surface area contributed by atoms with Gasteiger partial charge in [-0.3, -0.25) is 4.79 Å². The normalized spacial score (nSPS) is 11.5. The number of nitrogens with one attached hydrogen (secondary N) is 1. The van der Waals surface area contributed by atoms with Crippen LogP contribution in [0.15, 0.2) is 41.6 Å². The van der Waals surface area contributed by atoms with Crippen LogP contribution in [0.25, 0.3) is 0 Å². The van der Waals surface area contributed by atoms with Crippen LogP contribution >= 0.6 is 0 Å². The average molecular weight is 261 g/mol. The number of Topliss-reactive ketones (excluding diaryl/α,β-unsaturated/α-hetero) is 1. The van der Waals surface area contributed by atoms with Gasteiger partial charge in [-0.15, -0.1) is 0 Å². The number of carbonyl (C=O) groups is 2. The Kier molecular flexibility index (Phi) is 5.79. The Morgan fingerprint density at radius 1 is 1.21 bits per heavy atom. The lowest BCUT2D eigenvalue weighted by Crippen LogP contribution is -2.23. The van der Waals surface area contributed by atoms with E-state index in [-0.39, 0.29) is 24.4 Å². The molecule has 0 aromatic heterocycles. The molecular formula is C15H19NO3. The number of allylic oxidation sites excluding steroid dienone is 1. The second-order valence-electron chi connectivity index (χ2n) is 4.06. The van der Waals surface area contributed by atoms with E-state index < -0.39 is 5.97 Å². The zero-order valence-electron chi connectivity index (χ0n) is 11.5. The van der Waals surface area contributed by atoms with Crippen LogP contribution in [0.5, 0.6) is 0 Å². The smallest absolute Gasteiger partial charge is 0.343 e. The molecule has 0 bridgehead atoms. The quantitative estimate of drug-likeness (QED) is 0.367. The summed E-state index contributed by atoms with van der Waals surface area (Å²) < 4.78 is 4.93. The molecular weight excluding hydrogens is 242 g/mol. The van der Waals surface area contributed by atoms with Crippen LogP contribution in [0.1, 0.15) is 19.4 Å². The number of esters is 1. The highest BCUT2D eigenvalue weighted by atomic mass is 16.5. The van der Waals surface area contributed by atoms with Gasteiger partial charge in [0.2, 0.25) is 0 Å². The fourth-order valence-corrected chi connectivity index (χ4v) is 1.67. The van der Waals surface area contributed by atoms with Crippen LogP contribution in [-0.4, -0.2) is 25.4 Å². The molecule has 0 amide bonds. The van der Waals surface area contributed by atoms with Crippen LogP contribution in [0, 0.1) is 0 Å². The molecule has 0 aliphatic rings. The van der Waals surface area contributed by atoms with E-state index >= 15 is 0 Å². The van der Waals surface area contributed by atoms with Crippen LogP contribution in [0.2, 0.25) is 0 Å². The topological polar surface area (TPSA) is 55.4 Å². The predicted molar refractivity (Wildman–Crippen MR) is 73.5 cm³/mol. The van der Waals surface area contributed by atoms with E-state index in [1.54, 1.807) is 20.9 Å². The predicted octanol–water partition coefficient (Wildman–Crippen LogP) is 1.85. The Balaban J connectivity index is 2.94. The van der Waals surface area contributed by atoms with Crippen LogP contribution in [0.4, 0.5) is 0 Å². The molecule has 0 atom stereocenters. The molecule has 0 fully saturated rings.